The largest absolute Gasteiger partial charge is 0.382 e. The lowest BCUT2D eigenvalue weighted by Crippen LogP contribution is -2.19. The maximum atomic E-state index is 5.62. The van der Waals surface area contributed by atoms with Crippen molar-refractivity contribution in [1.29, 1.82) is 0 Å². The van der Waals surface area contributed by atoms with Crippen molar-refractivity contribution < 1.29 is 14.2 Å². The molecule has 4 heteroatoms. The molecule has 1 N–H and O–H groups in total. The lowest BCUT2D eigenvalue weighted by molar-refractivity contribution is 0.0233. The van der Waals surface area contributed by atoms with Crippen LogP contribution in [0.1, 0.15) is 17.9 Å². The van der Waals surface area contributed by atoms with Gasteiger partial charge < -0.3 is 19.5 Å². The molecule has 0 aliphatic rings. The SMILES string of the molecule is CNCC(CCOCCOCCOC)c1ccccc1. The van der Waals surface area contributed by atoms with Gasteiger partial charge in [0, 0.05) is 20.3 Å². The van der Waals surface area contributed by atoms with Crippen LogP contribution in [0.2, 0.25) is 0 Å². The molecule has 0 aliphatic heterocycles. The standard InChI is InChI=1S/C16H27NO3/c1-17-14-16(15-6-4-3-5-7-15)8-9-19-12-13-20-11-10-18-2/h3-7,16-17H,8-14H2,1-2H3. The summed E-state index contributed by atoms with van der Waals surface area (Å²) in [6.07, 6.45) is 1.02. The Morgan fingerprint density at radius 3 is 2.25 bits per heavy atom. The van der Waals surface area contributed by atoms with Gasteiger partial charge in [-0.25, -0.2) is 0 Å². The van der Waals surface area contributed by atoms with Gasteiger partial charge in [-0.3, -0.25) is 0 Å². The van der Waals surface area contributed by atoms with E-state index in [1.807, 2.05) is 13.1 Å². The van der Waals surface area contributed by atoms with Crippen molar-refractivity contribution in [3.63, 3.8) is 0 Å². The molecule has 114 valence electrons. The Bertz CT molecular complexity index is 319. The minimum Gasteiger partial charge on any atom is -0.382 e. The summed E-state index contributed by atoms with van der Waals surface area (Å²) in [6, 6.07) is 10.6. The Balaban J connectivity index is 2.14. The normalized spacial score (nSPS) is 12.5. The van der Waals surface area contributed by atoms with Gasteiger partial charge in [0.15, 0.2) is 0 Å². The smallest absolute Gasteiger partial charge is 0.0701 e. The molecule has 0 aliphatic carbocycles. The third kappa shape index (κ3) is 7.60. The zero-order chi connectivity index (χ0) is 14.5. The molecule has 0 radical (unpaired) electrons. The van der Waals surface area contributed by atoms with Gasteiger partial charge in [-0.05, 0) is 24.9 Å². The molecule has 20 heavy (non-hydrogen) atoms. The highest BCUT2D eigenvalue weighted by molar-refractivity contribution is 5.19. The first-order chi connectivity index (χ1) is 9.88. The van der Waals surface area contributed by atoms with E-state index in [1.54, 1.807) is 7.11 Å². The Morgan fingerprint density at radius 1 is 0.950 bits per heavy atom. The third-order valence-electron chi connectivity index (χ3n) is 3.14. The molecule has 0 saturated heterocycles. The van der Waals surface area contributed by atoms with E-state index in [-0.39, 0.29) is 0 Å². The van der Waals surface area contributed by atoms with Crippen LogP contribution in [0.5, 0.6) is 0 Å². The number of methoxy groups -OCH3 is 1. The van der Waals surface area contributed by atoms with E-state index in [0.717, 1.165) is 19.6 Å². The molecule has 1 aromatic carbocycles. The molecule has 0 spiro atoms. The maximum absolute atomic E-state index is 5.62. The van der Waals surface area contributed by atoms with Crippen LogP contribution in [0, 0.1) is 0 Å². The lowest BCUT2D eigenvalue weighted by atomic mass is 9.96. The van der Waals surface area contributed by atoms with Crippen LogP contribution >= 0.6 is 0 Å². The van der Waals surface area contributed by atoms with Gasteiger partial charge in [0.25, 0.3) is 0 Å². The number of likely N-dealkylation sites (N-methyl/N-ethyl adjacent to an activating group) is 1. The average molecular weight is 281 g/mol. The van der Waals surface area contributed by atoms with Gasteiger partial charge >= 0.3 is 0 Å². The molecular formula is C16H27NO3. The number of hydrogen-bond acceptors (Lipinski definition) is 4. The second-order valence-corrected chi connectivity index (χ2v) is 4.67. The van der Waals surface area contributed by atoms with Crippen LogP contribution < -0.4 is 5.32 Å². The summed E-state index contributed by atoms with van der Waals surface area (Å²) < 4.78 is 15.9. The van der Waals surface area contributed by atoms with E-state index >= 15 is 0 Å². The number of ether oxygens (including phenoxy) is 3. The molecule has 1 atom stereocenters. The summed E-state index contributed by atoms with van der Waals surface area (Å²) in [7, 11) is 3.66. The van der Waals surface area contributed by atoms with E-state index in [4.69, 9.17) is 14.2 Å². The minimum absolute atomic E-state index is 0.496. The molecule has 0 saturated carbocycles. The fourth-order valence-electron chi connectivity index (χ4n) is 2.05. The highest BCUT2D eigenvalue weighted by Gasteiger charge is 2.09. The van der Waals surface area contributed by atoms with Crippen molar-refractivity contribution in [3.8, 4) is 0 Å². The summed E-state index contributed by atoms with van der Waals surface area (Å²) in [5, 5.41) is 3.25. The second-order valence-electron chi connectivity index (χ2n) is 4.67. The third-order valence-corrected chi connectivity index (χ3v) is 3.14. The van der Waals surface area contributed by atoms with Crippen molar-refractivity contribution in [2.45, 2.75) is 12.3 Å². The van der Waals surface area contributed by atoms with Gasteiger partial charge in [0.1, 0.15) is 0 Å². The Morgan fingerprint density at radius 2 is 1.60 bits per heavy atom. The van der Waals surface area contributed by atoms with Crippen LogP contribution in [0.4, 0.5) is 0 Å². The van der Waals surface area contributed by atoms with E-state index in [0.29, 0.717) is 32.3 Å². The highest BCUT2D eigenvalue weighted by atomic mass is 16.5. The average Bonchev–Trinajstić information content (AvgIpc) is 2.50. The van der Waals surface area contributed by atoms with E-state index in [1.165, 1.54) is 5.56 Å². The number of benzene rings is 1. The molecule has 4 nitrogen and oxygen atoms in total. The van der Waals surface area contributed by atoms with Crippen LogP contribution in [0.15, 0.2) is 30.3 Å². The summed E-state index contributed by atoms with van der Waals surface area (Å²) in [6.45, 7) is 4.27. The monoisotopic (exact) mass is 281 g/mol. The highest BCUT2D eigenvalue weighted by Crippen LogP contribution is 2.18. The van der Waals surface area contributed by atoms with Crippen molar-refractivity contribution in [3.05, 3.63) is 35.9 Å². The van der Waals surface area contributed by atoms with Gasteiger partial charge in [-0.15, -0.1) is 0 Å². The molecule has 0 fully saturated rings. The fraction of sp³-hybridized carbons (Fsp3) is 0.625. The number of nitrogens with one attached hydrogen (secondary N) is 1. The molecular weight excluding hydrogens is 254 g/mol. The first-order valence-electron chi connectivity index (χ1n) is 7.22. The fourth-order valence-corrected chi connectivity index (χ4v) is 2.05. The lowest BCUT2D eigenvalue weighted by Gasteiger charge is -2.17. The quantitative estimate of drug-likeness (QED) is 0.595. The molecule has 0 amide bonds. The van der Waals surface area contributed by atoms with Crippen molar-refractivity contribution in [1.82, 2.24) is 5.32 Å². The Hall–Kier alpha value is -0.940. The van der Waals surface area contributed by atoms with Crippen LogP contribution in [-0.4, -0.2) is 53.7 Å². The van der Waals surface area contributed by atoms with Gasteiger partial charge in [-0.1, -0.05) is 30.3 Å². The van der Waals surface area contributed by atoms with Crippen LogP contribution in [0.3, 0.4) is 0 Å². The van der Waals surface area contributed by atoms with Crippen LogP contribution in [-0.2, 0) is 14.2 Å². The summed E-state index contributed by atoms with van der Waals surface area (Å²) in [5.74, 6) is 0.496. The topological polar surface area (TPSA) is 39.7 Å². The predicted octanol–water partition coefficient (Wildman–Crippen LogP) is 2.06. The first kappa shape index (κ1) is 17.1. The van der Waals surface area contributed by atoms with Crippen molar-refractivity contribution in [2.24, 2.45) is 0 Å². The molecule has 1 unspecified atom stereocenters. The van der Waals surface area contributed by atoms with Gasteiger partial charge in [0.05, 0.1) is 26.4 Å². The van der Waals surface area contributed by atoms with E-state index in [2.05, 4.69) is 29.6 Å². The Kier molecular flexibility index (Phi) is 10.1. The number of rotatable bonds is 12. The molecule has 0 heterocycles. The molecule has 1 aromatic rings. The first-order valence-corrected chi connectivity index (χ1v) is 7.22. The summed E-state index contributed by atoms with van der Waals surface area (Å²) in [4.78, 5) is 0. The Labute approximate surface area is 122 Å². The zero-order valence-corrected chi connectivity index (χ0v) is 12.6. The van der Waals surface area contributed by atoms with Gasteiger partial charge in [-0.2, -0.15) is 0 Å². The second kappa shape index (κ2) is 11.9. The summed E-state index contributed by atoms with van der Waals surface area (Å²) >= 11 is 0. The molecule has 0 aromatic heterocycles. The summed E-state index contributed by atoms with van der Waals surface area (Å²) in [5.41, 5.74) is 1.36. The molecule has 0 bridgehead atoms. The maximum Gasteiger partial charge on any atom is 0.0701 e. The van der Waals surface area contributed by atoms with Crippen LogP contribution in [0.25, 0.3) is 0 Å². The zero-order valence-electron chi connectivity index (χ0n) is 12.6. The van der Waals surface area contributed by atoms with Gasteiger partial charge in [0.2, 0.25) is 0 Å². The van der Waals surface area contributed by atoms with Crippen molar-refractivity contribution in [2.75, 3.05) is 53.7 Å². The molecule has 1 rings (SSSR count). The van der Waals surface area contributed by atoms with E-state index in [9.17, 15) is 0 Å². The van der Waals surface area contributed by atoms with Crippen molar-refractivity contribution >= 4 is 0 Å². The van der Waals surface area contributed by atoms with E-state index < -0.39 is 0 Å². The minimum atomic E-state index is 0.496. The number of hydrogen-bond donors (Lipinski definition) is 1. The predicted molar refractivity (Wildman–Crippen MR) is 81.2 cm³/mol.